The van der Waals surface area contributed by atoms with Crippen LogP contribution in [-0.4, -0.2) is 66.1 Å². The minimum Gasteiger partial charge on any atom is -0.463 e. The molecular formula is C22H29NO8S. The summed E-state index contributed by atoms with van der Waals surface area (Å²) in [5, 5.41) is 11.3. The van der Waals surface area contributed by atoms with Gasteiger partial charge in [0.05, 0.1) is 0 Å². The van der Waals surface area contributed by atoms with Crippen molar-refractivity contribution in [3.8, 4) is 11.5 Å². The summed E-state index contributed by atoms with van der Waals surface area (Å²) in [4.78, 5) is 36.6. The van der Waals surface area contributed by atoms with Crippen LogP contribution in [-0.2, 0) is 19.1 Å². The number of hydrogen-bond acceptors (Lipinski definition) is 9. The average Bonchev–Trinajstić information content (AvgIpc) is 3.24. The quantitative estimate of drug-likeness (QED) is 0.372. The van der Waals surface area contributed by atoms with Gasteiger partial charge in [0, 0.05) is 30.8 Å². The lowest BCUT2D eigenvalue weighted by atomic mass is 10.1. The Kier molecular flexibility index (Phi) is 9.19. The minimum atomic E-state index is -1.12. The van der Waals surface area contributed by atoms with Crippen LogP contribution in [0, 0.1) is 0 Å². The summed E-state index contributed by atoms with van der Waals surface area (Å²) in [7, 11) is 0. The maximum Gasteiger partial charge on any atom is 0.302 e. The van der Waals surface area contributed by atoms with E-state index in [1.54, 1.807) is 30.0 Å². The van der Waals surface area contributed by atoms with Gasteiger partial charge in [-0.15, -0.1) is 0 Å². The van der Waals surface area contributed by atoms with Gasteiger partial charge in [-0.1, -0.05) is 12.8 Å². The van der Waals surface area contributed by atoms with Crippen molar-refractivity contribution in [2.24, 2.45) is 0 Å². The predicted molar refractivity (Wildman–Crippen MR) is 117 cm³/mol. The van der Waals surface area contributed by atoms with Crippen molar-refractivity contribution >= 4 is 29.4 Å². The summed E-state index contributed by atoms with van der Waals surface area (Å²) >= 11 is 1.61. The van der Waals surface area contributed by atoms with Crippen LogP contribution in [0.25, 0.3) is 0 Å². The molecule has 1 fully saturated rings. The molecule has 0 spiro atoms. The van der Waals surface area contributed by atoms with Crippen molar-refractivity contribution in [2.75, 3.05) is 25.8 Å². The lowest BCUT2D eigenvalue weighted by Crippen LogP contribution is -2.53. The number of ketones is 1. The first kappa shape index (κ1) is 24.3. The SMILES string of the molecule is CC(=O)OC[C@H]1O[C@@H](NC(=O)c2ccc3c(c2)OCO3)C(=O)CC1SCCCCCCO. The van der Waals surface area contributed by atoms with Crippen LogP contribution < -0.4 is 14.8 Å². The van der Waals surface area contributed by atoms with Crippen molar-refractivity contribution in [1.29, 1.82) is 0 Å². The Balaban J connectivity index is 1.57. The third-order valence-corrected chi connectivity index (χ3v) is 6.58. The number of aliphatic hydroxyl groups is 1. The normalized spacial score (nSPS) is 21.9. The van der Waals surface area contributed by atoms with Gasteiger partial charge in [0.1, 0.15) is 12.7 Å². The van der Waals surface area contributed by atoms with Gasteiger partial charge in [-0.25, -0.2) is 0 Å². The van der Waals surface area contributed by atoms with Crippen LogP contribution >= 0.6 is 11.8 Å². The molecule has 1 aromatic rings. The van der Waals surface area contributed by atoms with Gasteiger partial charge in [-0.05, 0) is 36.8 Å². The molecule has 1 unspecified atom stereocenters. The largest absolute Gasteiger partial charge is 0.463 e. The zero-order chi connectivity index (χ0) is 22.9. The number of hydrogen-bond donors (Lipinski definition) is 2. The van der Waals surface area contributed by atoms with Crippen molar-refractivity contribution < 1.29 is 38.4 Å². The Morgan fingerprint density at radius 1 is 1.19 bits per heavy atom. The van der Waals surface area contributed by atoms with Crippen LogP contribution in [0.2, 0.25) is 0 Å². The van der Waals surface area contributed by atoms with E-state index in [2.05, 4.69) is 5.32 Å². The molecule has 0 aromatic heterocycles. The fourth-order valence-electron chi connectivity index (χ4n) is 3.44. The van der Waals surface area contributed by atoms with E-state index in [0.717, 1.165) is 31.4 Å². The fraction of sp³-hybridized carbons (Fsp3) is 0.591. The second kappa shape index (κ2) is 12.1. The number of unbranched alkanes of at least 4 members (excludes halogenated alkanes) is 3. The first-order valence-corrected chi connectivity index (χ1v) is 11.8. The highest BCUT2D eigenvalue weighted by atomic mass is 32.2. The molecule has 2 N–H and O–H groups in total. The van der Waals surface area contributed by atoms with Crippen LogP contribution in [0.3, 0.4) is 0 Å². The topological polar surface area (TPSA) is 120 Å². The molecule has 3 atom stereocenters. The van der Waals surface area contributed by atoms with Gasteiger partial charge in [0.2, 0.25) is 6.79 Å². The van der Waals surface area contributed by atoms with E-state index in [0.29, 0.717) is 17.1 Å². The monoisotopic (exact) mass is 467 g/mol. The number of ether oxygens (including phenoxy) is 4. The van der Waals surface area contributed by atoms with E-state index in [4.69, 9.17) is 24.1 Å². The van der Waals surface area contributed by atoms with Crippen molar-refractivity contribution in [3.63, 3.8) is 0 Å². The molecule has 2 heterocycles. The first-order valence-electron chi connectivity index (χ1n) is 10.7. The second-order valence-corrected chi connectivity index (χ2v) is 8.96. The molecule has 9 nitrogen and oxygen atoms in total. The highest BCUT2D eigenvalue weighted by Crippen LogP contribution is 2.33. The molecule has 1 aromatic carbocycles. The number of thioether (sulfide) groups is 1. The van der Waals surface area contributed by atoms with Gasteiger partial charge in [-0.3, -0.25) is 14.4 Å². The lowest BCUT2D eigenvalue weighted by Gasteiger charge is -2.35. The molecular weight excluding hydrogens is 438 g/mol. The molecule has 10 heteroatoms. The maximum atomic E-state index is 12.7. The molecule has 1 amide bonds. The van der Waals surface area contributed by atoms with Crippen LogP contribution in [0.1, 0.15) is 49.4 Å². The number of carbonyl (C=O) groups excluding carboxylic acids is 3. The number of fused-ring (bicyclic) bond motifs is 1. The summed E-state index contributed by atoms with van der Waals surface area (Å²) < 4.78 is 21.5. The maximum absolute atomic E-state index is 12.7. The van der Waals surface area contributed by atoms with Crippen molar-refractivity contribution in [1.82, 2.24) is 5.32 Å². The smallest absolute Gasteiger partial charge is 0.302 e. The van der Waals surface area contributed by atoms with E-state index in [9.17, 15) is 14.4 Å². The van der Waals surface area contributed by atoms with Crippen molar-refractivity contribution in [3.05, 3.63) is 23.8 Å². The Morgan fingerprint density at radius 2 is 1.97 bits per heavy atom. The van der Waals surface area contributed by atoms with Gasteiger partial charge in [-0.2, -0.15) is 11.8 Å². The molecule has 2 aliphatic rings. The van der Waals surface area contributed by atoms with E-state index in [1.807, 2.05) is 0 Å². The lowest BCUT2D eigenvalue weighted by molar-refractivity contribution is -0.156. The molecule has 0 aliphatic carbocycles. The summed E-state index contributed by atoms with van der Waals surface area (Å²) in [6.45, 7) is 1.63. The zero-order valence-corrected chi connectivity index (χ0v) is 18.9. The van der Waals surface area contributed by atoms with E-state index < -0.39 is 24.2 Å². The third kappa shape index (κ3) is 6.85. The molecule has 0 saturated carbocycles. The molecule has 3 rings (SSSR count). The number of benzene rings is 1. The minimum absolute atomic E-state index is 0.0151. The molecule has 32 heavy (non-hydrogen) atoms. The first-order chi connectivity index (χ1) is 15.5. The predicted octanol–water partition coefficient (Wildman–Crippen LogP) is 2.05. The molecule has 0 radical (unpaired) electrons. The third-order valence-electron chi connectivity index (χ3n) is 5.15. The van der Waals surface area contributed by atoms with Crippen LogP contribution in [0.5, 0.6) is 11.5 Å². The summed E-state index contributed by atoms with van der Waals surface area (Å²) in [5.74, 6) is 0.733. The summed E-state index contributed by atoms with van der Waals surface area (Å²) in [6.07, 6.45) is 2.28. The highest BCUT2D eigenvalue weighted by molar-refractivity contribution is 7.99. The summed E-state index contributed by atoms with van der Waals surface area (Å²) in [5.41, 5.74) is 0.321. The molecule has 1 saturated heterocycles. The Labute approximate surface area is 191 Å². The van der Waals surface area contributed by atoms with E-state index in [1.165, 1.54) is 6.92 Å². The van der Waals surface area contributed by atoms with Gasteiger partial charge in [0.15, 0.2) is 23.5 Å². The Morgan fingerprint density at radius 3 is 2.75 bits per heavy atom. The van der Waals surface area contributed by atoms with E-state index >= 15 is 0 Å². The number of carbonyl (C=O) groups is 3. The number of nitrogens with one attached hydrogen (secondary N) is 1. The zero-order valence-electron chi connectivity index (χ0n) is 18.0. The second-order valence-electron chi connectivity index (χ2n) is 7.62. The number of esters is 1. The standard InChI is InChI=1S/C22H29NO8S/c1-14(25)28-12-19-20(32-9-5-3-2-4-8-24)11-16(26)22(31-19)23-21(27)15-6-7-17-18(10-15)30-13-29-17/h6-7,10,19-20,22,24H,2-5,8-9,11-13H2,1H3,(H,23,27)/t19-,20?,22-/m1/s1. The Hall–Kier alpha value is -2.30. The number of amides is 1. The number of rotatable bonds is 11. The van der Waals surface area contributed by atoms with Gasteiger partial charge < -0.3 is 29.4 Å². The summed E-state index contributed by atoms with van der Waals surface area (Å²) in [6, 6.07) is 4.77. The molecule has 176 valence electrons. The molecule has 0 bridgehead atoms. The number of aliphatic hydroxyl groups excluding tert-OH is 1. The average molecular weight is 468 g/mol. The van der Waals surface area contributed by atoms with Crippen molar-refractivity contribution in [2.45, 2.75) is 56.6 Å². The number of Topliss-reactive ketones (excluding diaryl/α,β-unsaturated/α-hetero) is 1. The highest BCUT2D eigenvalue weighted by Gasteiger charge is 2.38. The fourth-order valence-corrected chi connectivity index (χ4v) is 4.76. The van der Waals surface area contributed by atoms with Gasteiger partial charge >= 0.3 is 5.97 Å². The van der Waals surface area contributed by atoms with Crippen LogP contribution in [0.4, 0.5) is 0 Å². The van der Waals surface area contributed by atoms with E-state index in [-0.39, 0.29) is 37.5 Å². The molecule has 2 aliphatic heterocycles. The van der Waals surface area contributed by atoms with Crippen LogP contribution in [0.15, 0.2) is 18.2 Å². The Bertz CT molecular complexity index is 817. The van der Waals surface area contributed by atoms with Gasteiger partial charge in [0.25, 0.3) is 5.91 Å².